The van der Waals surface area contributed by atoms with Crippen LogP contribution in [-0.2, 0) is 17.1 Å². The van der Waals surface area contributed by atoms with Gasteiger partial charge in [0.1, 0.15) is 5.75 Å². The first kappa shape index (κ1) is 27.3. The third-order valence-corrected chi connectivity index (χ3v) is 7.34. The maximum absolute atomic E-state index is 12.6. The molecule has 0 aliphatic rings. The van der Waals surface area contributed by atoms with Gasteiger partial charge in [0.15, 0.2) is 0 Å². The van der Waals surface area contributed by atoms with Gasteiger partial charge in [-0.2, -0.15) is 0 Å². The summed E-state index contributed by atoms with van der Waals surface area (Å²) >= 11 is 1.75. The molecule has 6 heteroatoms. The number of aryl methyl sites for hydroxylation is 2. The molecule has 4 rings (SSSR count). The lowest BCUT2D eigenvalue weighted by atomic mass is 9.99. The Bertz CT molecular complexity index is 1360. The topological polar surface area (TPSA) is 56.1 Å². The normalized spacial score (nSPS) is 11.1. The van der Waals surface area contributed by atoms with Crippen LogP contribution in [0.25, 0.3) is 17.2 Å². The lowest BCUT2D eigenvalue weighted by Crippen LogP contribution is -2.07. The van der Waals surface area contributed by atoms with E-state index in [-0.39, 0.29) is 5.91 Å². The van der Waals surface area contributed by atoms with Crippen molar-refractivity contribution >= 4 is 29.4 Å². The maximum atomic E-state index is 12.6. The molecule has 3 aromatic carbocycles. The minimum atomic E-state index is -0.157. The number of unbranched alkanes of at least 4 members (excludes halogenated alkanes) is 1. The van der Waals surface area contributed by atoms with Crippen LogP contribution in [-0.4, -0.2) is 22.1 Å². The zero-order valence-corrected chi connectivity index (χ0v) is 23.1. The quantitative estimate of drug-likeness (QED) is 0.116. The highest BCUT2D eigenvalue weighted by atomic mass is 32.2. The van der Waals surface area contributed by atoms with E-state index < -0.39 is 0 Å². The van der Waals surface area contributed by atoms with Crippen molar-refractivity contribution in [2.75, 3.05) is 11.9 Å². The molecule has 0 atom stereocenters. The highest BCUT2D eigenvalue weighted by molar-refractivity contribution is 7.98. The molecule has 5 nitrogen and oxygen atoms in total. The summed E-state index contributed by atoms with van der Waals surface area (Å²) in [7, 11) is 0. The number of anilines is 1. The predicted octanol–water partition coefficient (Wildman–Crippen LogP) is 8.00. The molecule has 0 saturated heterocycles. The Morgan fingerprint density at radius 2 is 1.79 bits per heavy atom. The highest BCUT2D eigenvalue weighted by Crippen LogP contribution is 2.26. The van der Waals surface area contributed by atoms with E-state index >= 15 is 0 Å². The summed E-state index contributed by atoms with van der Waals surface area (Å²) in [5.74, 6) is 1.59. The molecule has 0 unspecified atom stereocenters. The molecule has 1 amide bonds. The summed E-state index contributed by atoms with van der Waals surface area (Å²) in [4.78, 5) is 18.0. The third kappa shape index (κ3) is 7.62. The number of thioether (sulfide) groups is 1. The smallest absolute Gasteiger partial charge is 0.248 e. The van der Waals surface area contributed by atoms with Crippen molar-refractivity contribution in [2.24, 2.45) is 0 Å². The van der Waals surface area contributed by atoms with Crippen LogP contribution in [0.15, 0.2) is 90.2 Å². The zero-order chi connectivity index (χ0) is 26.7. The minimum Gasteiger partial charge on any atom is -0.494 e. The van der Waals surface area contributed by atoms with Gasteiger partial charge in [-0.3, -0.25) is 4.79 Å². The molecule has 1 N–H and O–H groups in total. The fraction of sp³-hybridized carbons (Fsp3) is 0.250. The van der Waals surface area contributed by atoms with Gasteiger partial charge >= 0.3 is 0 Å². The second-order valence-corrected chi connectivity index (χ2v) is 10.2. The van der Waals surface area contributed by atoms with E-state index in [1.54, 1.807) is 17.8 Å². The van der Waals surface area contributed by atoms with Crippen LogP contribution in [0, 0.1) is 6.92 Å². The van der Waals surface area contributed by atoms with Gasteiger partial charge in [-0.1, -0.05) is 37.6 Å². The maximum Gasteiger partial charge on any atom is 0.248 e. The molecule has 196 valence electrons. The molecule has 0 spiro atoms. The van der Waals surface area contributed by atoms with Gasteiger partial charge in [-0.15, -0.1) is 11.8 Å². The monoisotopic (exact) mass is 525 g/mol. The van der Waals surface area contributed by atoms with Gasteiger partial charge in [0.05, 0.1) is 12.9 Å². The highest BCUT2D eigenvalue weighted by Gasteiger charge is 2.05. The Labute approximate surface area is 230 Å². The molecule has 0 bridgehead atoms. The molecule has 4 aromatic rings. The van der Waals surface area contributed by atoms with Gasteiger partial charge < -0.3 is 14.6 Å². The van der Waals surface area contributed by atoms with E-state index in [1.807, 2.05) is 55.0 Å². The zero-order valence-electron chi connectivity index (χ0n) is 22.3. The number of amides is 1. The van der Waals surface area contributed by atoms with E-state index in [9.17, 15) is 4.79 Å². The molecule has 0 aliphatic heterocycles. The molecule has 0 aliphatic carbocycles. The first-order valence-electron chi connectivity index (χ1n) is 13.1. The number of rotatable bonds is 12. The van der Waals surface area contributed by atoms with Crippen LogP contribution in [0.4, 0.5) is 5.69 Å². The predicted molar refractivity (Wildman–Crippen MR) is 159 cm³/mol. The van der Waals surface area contributed by atoms with Crippen LogP contribution >= 0.6 is 11.8 Å². The Morgan fingerprint density at radius 3 is 2.53 bits per heavy atom. The number of carbonyl (C=O) groups excluding carboxylic acids is 1. The Morgan fingerprint density at radius 1 is 1.03 bits per heavy atom. The number of imidazole rings is 1. The molecule has 1 aromatic heterocycles. The number of ether oxygens (including phenoxy) is 1. The Kier molecular flexibility index (Phi) is 9.82. The average molecular weight is 526 g/mol. The molecule has 1 heterocycles. The number of nitrogens with zero attached hydrogens (tertiary/aromatic N) is 2. The summed E-state index contributed by atoms with van der Waals surface area (Å²) in [5, 5.41) is 2.96. The third-order valence-electron chi connectivity index (χ3n) is 6.30. The van der Waals surface area contributed by atoms with E-state index in [2.05, 4.69) is 66.0 Å². The van der Waals surface area contributed by atoms with Crippen molar-refractivity contribution in [2.45, 2.75) is 50.8 Å². The van der Waals surface area contributed by atoms with Crippen LogP contribution in [0.2, 0.25) is 0 Å². The van der Waals surface area contributed by atoms with Crippen molar-refractivity contribution in [1.29, 1.82) is 0 Å². The van der Waals surface area contributed by atoms with Crippen molar-refractivity contribution < 1.29 is 9.53 Å². The lowest BCUT2D eigenvalue weighted by molar-refractivity contribution is -0.111. The van der Waals surface area contributed by atoms with Crippen molar-refractivity contribution in [3.63, 3.8) is 0 Å². The van der Waals surface area contributed by atoms with Gasteiger partial charge in [0, 0.05) is 40.8 Å². The summed E-state index contributed by atoms with van der Waals surface area (Å²) in [6.45, 7) is 7.98. The van der Waals surface area contributed by atoms with Crippen molar-refractivity contribution in [1.82, 2.24) is 9.55 Å². The Balaban J connectivity index is 1.33. The first-order valence-corrected chi connectivity index (χ1v) is 14.1. The lowest BCUT2D eigenvalue weighted by Gasteiger charge is -2.09. The van der Waals surface area contributed by atoms with E-state index in [1.165, 1.54) is 5.69 Å². The van der Waals surface area contributed by atoms with Crippen LogP contribution < -0.4 is 10.1 Å². The van der Waals surface area contributed by atoms with Crippen LogP contribution in [0.3, 0.4) is 0 Å². The first-order chi connectivity index (χ1) is 18.6. The van der Waals surface area contributed by atoms with Crippen molar-refractivity contribution in [3.05, 3.63) is 102 Å². The van der Waals surface area contributed by atoms with Crippen molar-refractivity contribution in [3.8, 4) is 16.9 Å². The molecular weight excluding hydrogens is 490 g/mol. The number of carbonyl (C=O) groups is 1. The summed E-state index contributed by atoms with van der Waals surface area (Å²) in [6, 6.07) is 22.4. The SMILES string of the molecule is CCCCOc1ccc(-c2ccc(C)c(/C=C/C(=O)Nc3ccc(SCc4cncn4CC)cc3)c2)cc1. The number of hydrogen-bond donors (Lipinski definition) is 1. The fourth-order valence-corrected chi connectivity index (χ4v) is 4.86. The number of benzene rings is 3. The summed E-state index contributed by atoms with van der Waals surface area (Å²) in [6.07, 6.45) is 9.41. The van der Waals surface area contributed by atoms with Gasteiger partial charge in [0.2, 0.25) is 5.91 Å². The Hall–Kier alpha value is -3.77. The number of hydrogen-bond acceptors (Lipinski definition) is 4. The van der Waals surface area contributed by atoms with E-state index in [0.717, 1.165) is 70.3 Å². The van der Waals surface area contributed by atoms with Gasteiger partial charge in [-0.05, 0) is 91.1 Å². The van der Waals surface area contributed by atoms with Gasteiger partial charge in [-0.25, -0.2) is 4.98 Å². The standard InChI is InChI=1S/C32H35N3O2S/c1-4-6-19-37-30-14-9-25(10-15-30)27-8-7-24(3)26(20-27)11-18-32(36)34-28-12-16-31(17-13-28)38-22-29-21-33-23-35(29)5-2/h7-18,20-21,23H,4-6,19,22H2,1-3H3,(H,34,36)/b18-11+. The number of aromatic nitrogens is 2. The second-order valence-electron chi connectivity index (χ2n) is 9.10. The molecule has 0 radical (unpaired) electrons. The number of nitrogens with one attached hydrogen (secondary N) is 1. The van der Waals surface area contributed by atoms with E-state index in [0.29, 0.717) is 0 Å². The van der Waals surface area contributed by atoms with Gasteiger partial charge in [0.25, 0.3) is 0 Å². The summed E-state index contributed by atoms with van der Waals surface area (Å²) in [5.41, 5.74) is 6.32. The molecule has 0 fully saturated rings. The fourth-order valence-electron chi connectivity index (χ4n) is 3.97. The molecule has 0 saturated carbocycles. The minimum absolute atomic E-state index is 0.157. The second kappa shape index (κ2) is 13.7. The van der Waals surface area contributed by atoms with Crippen LogP contribution in [0.5, 0.6) is 5.75 Å². The molecular formula is C32H35N3O2S. The summed E-state index contributed by atoms with van der Waals surface area (Å²) < 4.78 is 7.92. The van der Waals surface area contributed by atoms with E-state index in [4.69, 9.17) is 4.74 Å². The van der Waals surface area contributed by atoms with Crippen LogP contribution in [0.1, 0.15) is 43.5 Å². The average Bonchev–Trinajstić information content (AvgIpc) is 3.40. The molecule has 38 heavy (non-hydrogen) atoms. The largest absolute Gasteiger partial charge is 0.494 e.